The first-order valence-corrected chi connectivity index (χ1v) is 10.9. The number of benzene rings is 1. The number of nitrogens with zero attached hydrogens (tertiary/aromatic N) is 2. The average molecular weight is 411 g/mol. The van der Waals surface area contributed by atoms with E-state index in [0.717, 1.165) is 23.2 Å². The summed E-state index contributed by atoms with van der Waals surface area (Å²) in [5, 5.41) is 4.22. The lowest BCUT2D eigenvalue weighted by Crippen LogP contribution is -2.48. The fourth-order valence-corrected chi connectivity index (χ4v) is 4.46. The summed E-state index contributed by atoms with van der Waals surface area (Å²) in [6.45, 7) is 7.49. The van der Waals surface area contributed by atoms with Crippen LogP contribution < -0.4 is 0 Å². The highest BCUT2D eigenvalue weighted by molar-refractivity contribution is 5.82. The van der Waals surface area contributed by atoms with E-state index in [1.54, 1.807) is 0 Å². The predicted octanol–water partition coefficient (Wildman–Crippen LogP) is 4.02. The largest absolute Gasteiger partial charge is 0.466 e. The van der Waals surface area contributed by atoms with Gasteiger partial charge in [0.05, 0.1) is 12.0 Å². The quantitative estimate of drug-likeness (QED) is 0.673. The lowest BCUT2D eigenvalue weighted by atomic mass is 9.74. The Balaban J connectivity index is 1.50. The molecule has 2 atom stereocenters. The van der Waals surface area contributed by atoms with E-state index in [2.05, 4.69) is 18.1 Å². The number of esters is 1. The summed E-state index contributed by atoms with van der Waals surface area (Å²) in [6.07, 6.45) is 2.59. The van der Waals surface area contributed by atoms with E-state index < -0.39 is 5.41 Å². The van der Waals surface area contributed by atoms with Gasteiger partial charge in [0.25, 0.3) is 0 Å². The van der Waals surface area contributed by atoms with E-state index in [0.29, 0.717) is 50.6 Å². The maximum atomic E-state index is 12.9. The Hall–Kier alpha value is -2.63. The maximum Gasteiger partial charge on any atom is 0.312 e. The van der Waals surface area contributed by atoms with E-state index in [1.807, 2.05) is 43.0 Å². The van der Waals surface area contributed by atoms with Gasteiger partial charge in [-0.15, -0.1) is 0 Å². The third-order valence-corrected chi connectivity index (χ3v) is 6.55. The van der Waals surface area contributed by atoms with Gasteiger partial charge in [0.2, 0.25) is 5.91 Å². The third kappa shape index (κ3) is 4.13. The first-order valence-electron chi connectivity index (χ1n) is 10.9. The molecule has 30 heavy (non-hydrogen) atoms. The Morgan fingerprint density at radius 1 is 1.27 bits per heavy atom. The van der Waals surface area contributed by atoms with Crippen molar-refractivity contribution in [3.8, 4) is 11.3 Å². The van der Waals surface area contributed by atoms with Gasteiger partial charge in [-0.3, -0.25) is 9.59 Å². The number of likely N-dealkylation sites (tertiary alicyclic amines) is 1. The van der Waals surface area contributed by atoms with Crippen LogP contribution in [0.1, 0.15) is 44.4 Å². The Kier molecular flexibility index (Phi) is 5.67. The molecule has 0 unspecified atom stereocenters. The number of hydrogen-bond acceptors (Lipinski definition) is 5. The Bertz CT molecular complexity index is 927. The van der Waals surface area contributed by atoms with Crippen molar-refractivity contribution in [3.05, 3.63) is 41.7 Å². The minimum atomic E-state index is -0.675. The lowest BCUT2D eigenvalue weighted by molar-refractivity contribution is -0.160. The van der Waals surface area contributed by atoms with Gasteiger partial charge in [0, 0.05) is 37.1 Å². The molecule has 4 rings (SSSR count). The molecule has 2 aromatic rings. The molecule has 1 aliphatic heterocycles. The molecule has 1 aromatic heterocycles. The van der Waals surface area contributed by atoms with E-state index in [1.165, 1.54) is 0 Å². The molecule has 0 N–H and O–H groups in total. The molecule has 1 saturated carbocycles. The molecular formula is C24H30N2O4. The minimum absolute atomic E-state index is 0.172. The Morgan fingerprint density at radius 3 is 2.63 bits per heavy atom. The second-order valence-electron chi connectivity index (χ2n) is 8.87. The van der Waals surface area contributed by atoms with Crippen molar-refractivity contribution in [1.82, 2.24) is 10.1 Å². The number of ether oxygens (including phenoxy) is 1. The molecule has 1 saturated heterocycles. The number of rotatable bonds is 6. The van der Waals surface area contributed by atoms with Gasteiger partial charge < -0.3 is 14.2 Å². The van der Waals surface area contributed by atoms with Crippen molar-refractivity contribution in [2.75, 3.05) is 19.7 Å². The zero-order valence-electron chi connectivity index (χ0n) is 18.0. The second kappa shape index (κ2) is 8.25. The van der Waals surface area contributed by atoms with Crippen LogP contribution in [0.2, 0.25) is 0 Å². The fraction of sp³-hybridized carbons (Fsp3) is 0.542. The summed E-state index contributed by atoms with van der Waals surface area (Å²) in [4.78, 5) is 27.5. The summed E-state index contributed by atoms with van der Waals surface area (Å²) in [5.41, 5.74) is 2.24. The molecule has 0 radical (unpaired) electrons. The van der Waals surface area contributed by atoms with Crippen LogP contribution in [0.15, 0.2) is 34.9 Å². The fourth-order valence-electron chi connectivity index (χ4n) is 4.46. The maximum absolute atomic E-state index is 12.9. The highest BCUT2D eigenvalue weighted by Crippen LogP contribution is 2.42. The van der Waals surface area contributed by atoms with Gasteiger partial charge in [0.1, 0.15) is 11.5 Å². The third-order valence-electron chi connectivity index (χ3n) is 6.55. The summed E-state index contributed by atoms with van der Waals surface area (Å²) < 4.78 is 11.0. The van der Waals surface area contributed by atoms with Crippen molar-refractivity contribution >= 4 is 11.9 Å². The molecular weight excluding hydrogens is 380 g/mol. The van der Waals surface area contributed by atoms with Gasteiger partial charge in [-0.1, -0.05) is 35.8 Å². The van der Waals surface area contributed by atoms with Crippen LogP contribution in [0.3, 0.4) is 0 Å². The first kappa shape index (κ1) is 20.6. The molecule has 2 aliphatic rings. The molecule has 0 spiro atoms. The van der Waals surface area contributed by atoms with E-state index >= 15 is 0 Å². The van der Waals surface area contributed by atoms with Crippen LogP contribution in [0, 0.1) is 24.2 Å². The molecule has 6 nitrogen and oxygen atoms in total. The second-order valence-corrected chi connectivity index (χ2v) is 8.87. The highest BCUT2D eigenvalue weighted by atomic mass is 16.5. The molecule has 1 aromatic carbocycles. The Labute approximate surface area is 177 Å². The van der Waals surface area contributed by atoms with Crippen molar-refractivity contribution in [3.63, 3.8) is 0 Å². The monoisotopic (exact) mass is 410 g/mol. The van der Waals surface area contributed by atoms with Crippen molar-refractivity contribution in [2.24, 2.45) is 17.3 Å². The van der Waals surface area contributed by atoms with E-state index in [9.17, 15) is 9.59 Å². The summed E-state index contributed by atoms with van der Waals surface area (Å²) in [5.74, 6) is 1.37. The normalized spacial score (nSPS) is 22.6. The molecule has 6 heteroatoms. The Morgan fingerprint density at radius 2 is 2.00 bits per heavy atom. The molecule has 0 bridgehead atoms. The summed E-state index contributed by atoms with van der Waals surface area (Å²) >= 11 is 0. The molecule has 1 aliphatic carbocycles. The van der Waals surface area contributed by atoms with Crippen LogP contribution in [-0.2, 0) is 20.7 Å². The first-order chi connectivity index (χ1) is 14.4. The number of hydrogen-bond donors (Lipinski definition) is 0. The SMILES string of the molecule is CCOC(=O)C1(Cc2cc(-c3cccc(C)c3)no2)CCN(C(=O)[C@H]2C[C@@H]2C)CC1. The number of piperidine rings is 1. The topological polar surface area (TPSA) is 72.6 Å². The number of carbonyl (C=O) groups excluding carboxylic acids is 2. The van der Waals surface area contributed by atoms with Crippen LogP contribution in [0.4, 0.5) is 0 Å². The summed E-state index contributed by atoms with van der Waals surface area (Å²) in [6, 6.07) is 10.0. The van der Waals surface area contributed by atoms with Crippen LogP contribution in [0.25, 0.3) is 11.3 Å². The number of aromatic nitrogens is 1. The minimum Gasteiger partial charge on any atom is -0.466 e. The standard InChI is InChI=1S/C24H30N2O4/c1-4-29-23(28)24(8-10-26(11-9-24)22(27)20-13-17(20)3)15-19-14-21(25-30-19)18-7-5-6-16(2)12-18/h5-7,12,14,17,20H,4,8-11,13,15H2,1-3H3/t17-,20-/m0/s1. The van der Waals surface area contributed by atoms with Gasteiger partial charge in [-0.05, 0) is 45.1 Å². The average Bonchev–Trinajstić information content (AvgIpc) is 3.29. The van der Waals surface area contributed by atoms with Gasteiger partial charge in [-0.25, -0.2) is 0 Å². The smallest absolute Gasteiger partial charge is 0.312 e. The van der Waals surface area contributed by atoms with Crippen molar-refractivity contribution < 1.29 is 18.8 Å². The number of amides is 1. The molecule has 2 fully saturated rings. The number of carbonyl (C=O) groups is 2. The highest BCUT2D eigenvalue weighted by Gasteiger charge is 2.47. The van der Waals surface area contributed by atoms with Gasteiger partial charge >= 0.3 is 5.97 Å². The molecule has 2 heterocycles. The van der Waals surface area contributed by atoms with Crippen LogP contribution >= 0.6 is 0 Å². The van der Waals surface area contributed by atoms with E-state index in [4.69, 9.17) is 9.26 Å². The zero-order chi connectivity index (χ0) is 21.3. The molecule has 1 amide bonds. The van der Waals surface area contributed by atoms with Crippen LogP contribution in [0.5, 0.6) is 0 Å². The van der Waals surface area contributed by atoms with Crippen molar-refractivity contribution in [1.29, 1.82) is 0 Å². The molecule has 160 valence electrons. The number of aryl methyl sites for hydroxylation is 1. The van der Waals surface area contributed by atoms with Gasteiger partial charge in [0.15, 0.2) is 0 Å². The lowest BCUT2D eigenvalue weighted by Gasteiger charge is -2.39. The van der Waals surface area contributed by atoms with E-state index in [-0.39, 0.29) is 17.8 Å². The van der Waals surface area contributed by atoms with Crippen molar-refractivity contribution in [2.45, 2.75) is 46.5 Å². The zero-order valence-corrected chi connectivity index (χ0v) is 18.0. The van der Waals surface area contributed by atoms with Gasteiger partial charge in [-0.2, -0.15) is 0 Å². The summed E-state index contributed by atoms with van der Waals surface area (Å²) in [7, 11) is 0. The predicted molar refractivity (Wildman–Crippen MR) is 113 cm³/mol. The van der Waals surface area contributed by atoms with Crippen LogP contribution in [-0.4, -0.2) is 41.6 Å².